The van der Waals surface area contributed by atoms with Crippen LogP contribution in [0.5, 0.6) is 0 Å². The van der Waals surface area contributed by atoms with Gasteiger partial charge in [0, 0.05) is 29.7 Å². The van der Waals surface area contributed by atoms with Crippen LogP contribution in [-0.4, -0.2) is 48.1 Å². The minimum atomic E-state index is -3.53. The highest BCUT2D eigenvalue weighted by molar-refractivity contribution is 7.89. The van der Waals surface area contributed by atoms with E-state index in [9.17, 15) is 22.7 Å². The number of aromatic nitrogens is 1. The summed E-state index contributed by atoms with van der Waals surface area (Å²) in [7, 11) is -1.65. The van der Waals surface area contributed by atoms with Gasteiger partial charge in [0.2, 0.25) is 10.0 Å². The van der Waals surface area contributed by atoms with E-state index in [4.69, 9.17) is 0 Å². The maximum Gasteiger partial charge on any atom is 0.323 e. The second kappa shape index (κ2) is 7.31. The summed E-state index contributed by atoms with van der Waals surface area (Å²) in [5, 5.41) is 9.99. The molecule has 0 amide bonds. The first kappa shape index (κ1) is 21.0. The van der Waals surface area contributed by atoms with Gasteiger partial charge in [0.25, 0.3) is 0 Å². The second-order valence-corrected chi connectivity index (χ2v) is 10.5. The van der Waals surface area contributed by atoms with Crippen molar-refractivity contribution >= 4 is 32.6 Å². The molecular formula is C23H24FN3O4S. The van der Waals surface area contributed by atoms with Crippen molar-refractivity contribution in [3.05, 3.63) is 59.0 Å². The van der Waals surface area contributed by atoms with Gasteiger partial charge in [-0.3, -0.25) is 4.79 Å². The van der Waals surface area contributed by atoms with E-state index in [1.165, 1.54) is 12.1 Å². The number of carboxylic acid groups (broad SMARTS) is 1. The van der Waals surface area contributed by atoms with Crippen LogP contribution in [0.25, 0.3) is 10.9 Å². The van der Waals surface area contributed by atoms with Gasteiger partial charge >= 0.3 is 5.97 Å². The first-order valence-electron chi connectivity index (χ1n) is 10.5. The van der Waals surface area contributed by atoms with E-state index < -0.39 is 16.0 Å². The number of carboxylic acids is 1. The normalized spacial score (nSPS) is 18.2. The molecule has 0 unspecified atom stereocenters. The number of benzene rings is 2. The quantitative estimate of drug-likeness (QED) is 0.636. The first-order valence-corrected chi connectivity index (χ1v) is 12.0. The minimum Gasteiger partial charge on any atom is -0.480 e. The molecule has 2 aliphatic rings. The Hall–Kier alpha value is -2.91. The summed E-state index contributed by atoms with van der Waals surface area (Å²) in [6, 6.07) is 9.76. The average molecular weight is 458 g/mol. The fraction of sp³-hybridized carbons (Fsp3) is 0.348. The van der Waals surface area contributed by atoms with E-state index >= 15 is 0 Å². The van der Waals surface area contributed by atoms with Crippen molar-refractivity contribution in [3.8, 4) is 0 Å². The van der Waals surface area contributed by atoms with Gasteiger partial charge in [-0.1, -0.05) is 6.07 Å². The molecule has 1 aliphatic carbocycles. The Kier molecular flexibility index (Phi) is 4.79. The molecule has 1 fully saturated rings. The molecule has 7 nitrogen and oxygen atoms in total. The summed E-state index contributed by atoms with van der Waals surface area (Å²) in [6.07, 6.45) is 2.24. The predicted molar refractivity (Wildman–Crippen MR) is 119 cm³/mol. The molecule has 2 aromatic carbocycles. The van der Waals surface area contributed by atoms with Crippen LogP contribution in [0.3, 0.4) is 0 Å². The number of rotatable bonds is 5. The molecule has 0 spiro atoms. The topological polar surface area (TPSA) is 82.9 Å². The third-order valence-electron chi connectivity index (χ3n) is 6.42. The predicted octanol–water partition coefficient (Wildman–Crippen LogP) is 3.32. The molecule has 5 rings (SSSR count). The molecule has 3 aromatic rings. The van der Waals surface area contributed by atoms with Gasteiger partial charge in [0.15, 0.2) is 0 Å². The van der Waals surface area contributed by atoms with Crippen molar-refractivity contribution < 1.29 is 22.7 Å². The highest BCUT2D eigenvalue weighted by Crippen LogP contribution is 2.40. The van der Waals surface area contributed by atoms with Gasteiger partial charge in [0.1, 0.15) is 17.3 Å². The molecule has 168 valence electrons. The summed E-state index contributed by atoms with van der Waals surface area (Å²) in [5.41, 5.74) is 3.79. The van der Waals surface area contributed by atoms with Crippen molar-refractivity contribution in [2.24, 2.45) is 0 Å². The minimum absolute atomic E-state index is 0.0909. The Morgan fingerprint density at radius 3 is 2.62 bits per heavy atom. The Labute approximate surface area is 185 Å². The summed E-state index contributed by atoms with van der Waals surface area (Å²) in [6.45, 7) is 1.94. The average Bonchev–Trinajstić information content (AvgIpc) is 3.54. The molecule has 9 heteroatoms. The van der Waals surface area contributed by atoms with Gasteiger partial charge in [0.05, 0.1) is 12.4 Å². The lowest BCUT2D eigenvalue weighted by Gasteiger charge is -2.35. The number of sulfonamides is 1. The number of fused-ring (bicyclic) bond motifs is 2. The zero-order valence-corrected chi connectivity index (χ0v) is 18.7. The van der Waals surface area contributed by atoms with Crippen LogP contribution in [-0.2, 0) is 27.8 Å². The number of hydrogen-bond donors (Lipinski definition) is 1. The van der Waals surface area contributed by atoms with Gasteiger partial charge in [-0.15, -0.1) is 0 Å². The van der Waals surface area contributed by atoms with E-state index in [1.54, 1.807) is 27.1 Å². The lowest BCUT2D eigenvalue weighted by molar-refractivity contribution is -0.137. The summed E-state index contributed by atoms with van der Waals surface area (Å²) >= 11 is 0. The van der Waals surface area contributed by atoms with E-state index in [1.807, 2.05) is 24.9 Å². The highest BCUT2D eigenvalue weighted by atomic mass is 32.2. The van der Waals surface area contributed by atoms with Crippen LogP contribution in [0, 0.1) is 12.7 Å². The van der Waals surface area contributed by atoms with Gasteiger partial charge in [-0.05, 0) is 67.6 Å². The molecular weight excluding hydrogens is 433 g/mol. The molecule has 1 N–H and O–H groups in total. The lowest BCUT2D eigenvalue weighted by Crippen LogP contribution is -2.45. The number of aliphatic carboxylic acids is 1. The van der Waals surface area contributed by atoms with Gasteiger partial charge in [-0.2, -0.15) is 4.31 Å². The van der Waals surface area contributed by atoms with Gasteiger partial charge < -0.3 is 14.6 Å². The molecule has 0 atom stereocenters. The standard InChI is InChI=1S/C23H24FN3O4S/c1-14-18(19-11-16(24)4-7-20(19)26(14)12-23(28)29)9-15-3-8-22-21(10-15)25(2)13-27(17-5-6-17)32(22,30)31/h3-4,7-8,10-11,17H,5-6,9,12-13H2,1-2H3,(H,28,29). The fourth-order valence-corrected chi connectivity index (χ4v) is 6.54. The first-order chi connectivity index (χ1) is 15.2. The maximum atomic E-state index is 14.0. The number of nitrogens with zero attached hydrogens (tertiary/aromatic N) is 3. The summed E-state index contributed by atoms with van der Waals surface area (Å²) in [5.74, 6) is -1.36. The fourth-order valence-electron chi connectivity index (χ4n) is 4.64. The van der Waals surface area contributed by atoms with Crippen molar-refractivity contribution in [2.75, 3.05) is 18.6 Å². The zero-order valence-electron chi connectivity index (χ0n) is 17.9. The Morgan fingerprint density at radius 2 is 1.94 bits per heavy atom. The number of hydrogen-bond acceptors (Lipinski definition) is 4. The monoisotopic (exact) mass is 457 g/mol. The van der Waals surface area contributed by atoms with Crippen LogP contribution >= 0.6 is 0 Å². The van der Waals surface area contributed by atoms with E-state index in [0.717, 1.165) is 29.7 Å². The molecule has 2 heterocycles. The number of carbonyl (C=O) groups is 1. The van der Waals surface area contributed by atoms with Crippen LogP contribution in [0.15, 0.2) is 41.3 Å². The van der Waals surface area contributed by atoms with Crippen LogP contribution in [0.4, 0.5) is 10.1 Å². The van der Waals surface area contributed by atoms with Crippen molar-refractivity contribution in [3.63, 3.8) is 0 Å². The number of halogens is 1. The highest BCUT2D eigenvalue weighted by Gasteiger charge is 2.42. The van der Waals surface area contributed by atoms with Gasteiger partial charge in [-0.25, -0.2) is 12.8 Å². The maximum absolute atomic E-state index is 14.0. The molecule has 32 heavy (non-hydrogen) atoms. The molecule has 1 saturated carbocycles. The van der Waals surface area contributed by atoms with Crippen LogP contribution in [0.2, 0.25) is 0 Å². The SMILES string of the molecule is Cc1c(Cc2ccc3c(c2)N(C)CN(C2CC2)S3(=O)=O)c2cc(F)ccc2n1CC(=O)O. The third-order valence-corrected chi connectivity index (χ3v) is 8.35. The second-order valence-electron chi connectivity index (χ2n) is 8.65. The molecule has 1 aliphatic heterocycles. The summed E-state index contributed by atoms with van der Waals surface area (Å²) < 4.78 is 43.4. The van der Waals surface area contributed by atoms with Crippen LogP contribution in [0.1, 0.15) is 29.7 Å². The molecule has 0 radical (unpaired) electrons. The molecule has 0 saturated heterocycles. The largest absolute Gasteiger partial charge is 0.480 e. The summed E-state index contributed by atoms with van der Waals surface area (Å²) in [4.78, 5) is 13.6. The molecule has 0 bridgehead atoms. The van der Waals surface area contributed by atoms with E-state index in [2.05, 4.69) is 0 Å². The van der Waals surface area contributed by atoms with Crippen LogP contribution < -0.4 is 4.90 Å². The van der Waals surface area contributed by atoms with E-state index in [0.29, 0.717) is 34.6 Å². The number of anilines is 1. The Bertz CT molecular complexity index is 1360. The molecule has 1 aromatic heterocycles. The Balaban J connectivity index is 1.57. The smallest absolute Gasteiger partial charge is 0.323 e. The lowest BCUT2D eigenvalue weighted by atomic mass is 10.0. The van der Waals surface area contributed by atoms with Crippen molar-refractivity contribution in [1.29, 1.82) is 0 Å². The third kappa shape index (κ3) is 3.36. The zero-order chi connectivity index (χ0) is 22.8. The van der Waals surface area contributed by atoms with Crippen molar-refractivity contribution in [2.45, 2.75) is 43.7 Å². The Morgan fingerprint density at radius 1 is 1.19 bits per heavy atom. The van der Waals surface area contributed by atoms with E-state index in [-0.39, 0.29) is 18.4 Å². The van der Waals surface area contributed by atoms with Crippen molar-refractivity contribution in [1.82, 2.24) is 8.87 Å².